The van der Waals surface area contributed by atoms with Crippen LogP contribution in [0.3, 0.4) is 0 Å². The molecule has 1 aromatic rings. The SMILES string of the molecule is O=C(NO)c1ccc2c(c1)N(CC1CCCCC1)CCO2. The number of nitrogens with zero attached hydrogens (tertiary/aromatic N) is 1. The number of carbonyl (C=O) groups is 1. The molecule has 0 radical (unpaired) electrons. The molecule has 0 saturated heterocycles. The number of hydrogen-bond donors (Lipinski definition) is 2. The van der Waals surface area contributed by atoms with E-state index in [2.05, 4.69) is 4.90 Å². The van der Waals surface area contributed by atoms with Crippen LogP contribution in [0, 0.1) is 5.92 Å². The number of ether oxygens (including phenoxy) is 1. The quantitative estimate of drug-likeness (QED) is 0.663. The molecule has 1 amide bonds. The molecular weight excluding hydrogens is 268 g/mol. The van der Waals surface area contributed by atoms with E-state index in [1.54, 1.807) is 11.5 Å². The molecule has 5 nitrogen and oxygen atoms in total. The second-order valence-corrected chi connectivity index (χ2v) is 5.92. The van der Waals surface area contributed by atoms with Gasteiger partial charge in [-0.1, -0.05) is 19.3 Å². The Hall–Kier alpha value is -1.75. The van der Waals surface area contributed by atoms with Gasteiger partial charge in [-0.2, -0.15) is 0 Å². The van der Waals surface area contributed by atoms with E-state index in [1.807, 2.05) is 12.1 Å². The second-order valence-electron chi connectivity index (χ2n) is 5.92. The molecule has 2 N–H and O–H groups in total. The Morgan fingerprint density at radius 1 is 1.33 bits per heavy atom. The summed E-state index contributed by atoms with van der Waals surface area (Å²) in [5, 5.41) is 8.77. The number of carbonyl (C=O) groups excluding carboxylic acids is 1. The third kappa shape index (κ3) is 3.13. The predicted octanol–water partition coefficient (Wildman–Crippen LogP) is 2.58. The maximum absolute atomic E-state index is 11.6. The molecule has 0 unspecified atom stereocenters. The van der Waals surface area contributed by atoms with Crippen molar-refractivity contribution < 1.29 is 14.7 Å². The minimum absolute atomic E-state index is 0.454. The Kier molecular flexibility index (Phi) is 4.29. The third-order valence-electron chi connectivity index (χ3n) is 4.49. The van der Waals surface area contributed by atoms with E-state index >= 15 is 0 Å². The molecule has 114 valence electrons. The fourth-order valence-electron chi connectivity index (χ4n) is 3.35. The number of hydrogen-bond acceptors (Lipinski definition) is 4. The summed E-state index contributed by atoms with van der Waals surface area (Å²) in [4.78, 5) is 13.9. The first-order valence-corrected chi connectivity index (χ1v) is 7.74. The van der Waals surface area contributed by atoms with Crippen LogP contribution in [-0.4, -0.2) is 30.8 Å². The summed E-state index contributed by atoms with van der Waals surface area (Å²) in [5.41, 5.74) is 3.11. The Morgan fingerprint density at radius 3 is 2.90 bits per heavy atom. The van der Waals surface area contributed by atoms with E-state index in [-0.39, 0.29) is 0 Å². The van der Waals surface area contributed by atoms with Gasteiger partial charge in [-0.3, -0.25) is 10.0 Å². The van der Waals surface area contributed by atoms with E-state index in [1.165, 1.54) is 32.1 Å². The van der Waals surface area contributed by atoms with Gasteiger partial charge in [-0.05, 0) is 37.0 Å². The minimum atomic E-state index is -0.485. The topological polar surface area (TPSA) is 61.8 Å². The van der Waals surface area contributed by atoms with Gasteiger partial charge < -0.3 is 9.64 Å². The van der Waals surface area contributed by atoms with Crippen molar-refractivity contribution in [3.05, 3.63) is 23.8 Å². The Balaban J connectivity index is 1.80. The van der Waals surface area contributed by atoms with Crippen LogP contribution in [0.2, 0.25) is 0 Å². The van der Waals surface area contributed by atoms with E-state index in [4.69, 9.17) is 9.94 Å². The van der Waals surface area contributed by atoms with Gasteiger partial charge in [-0.15, -0.1) is 0 Å². The summed E-state index contributed by atoms with van der Waals surface area (Å²) in [5.74, 6) is 1.08. The molecule has 0 spiro atoms. The normalized spacial score (nSPS) is 18.8. The highest BCUT2D eigenvalue weighted by atomic mass is 16.5. The Morgan fingerprint density at radius 2 is 2.14 bits per heavy atom. The van der Waals surface area contributed by atoms with Gasteiger partial charge in [0.2, 0.25) is 0 Å². The van der Waals surface area contributed by atoms with Crippen molar-refractivity contribution in [2.45, 2.75) is 32.1 Å². The summed E-state index contributed by atoms with van der Waals surface area (Å²) in [7, 11) is 0. The third-order valence-corrected chi connectivity index (χ3v) is 4.49. The van der Waals surface area contributed by atoms with E-state index in [0.717, 1.165) is 30.4 Å². The molecule has 3 rings (SSSR count). The summed E-state index contributed by atoms with van der Waals surface area (Å²) < 4.78 is 5.68. The summed E-state index contributed by atoms with van der Waals surface area (Å²) in [6.45, 7) is 2.57. The van der Waals surface area contributed by atoms with Crippen molar-refractivity contribution >= 4 is 11.6 Å². The fraction of sp³-hybridized carbons (Fsp3) is 0.562. The smallest absolute Gasteiger partial charge is 0.274 e. The first kappa shape index (κ1) is 14.2. The largest absolute Gasteiger partial charge is 0.490 e. The highest BCUT2D eigenvalue weighted by Crippen LogP contribution is 2.34. The highest BCUT2D eigenvalue weighted by molar-refractivity contribution is 5.95. The van der Waals surface area contributed by atoms with E-state index in [0.29, 0.717) is 12.2 Å². The van der Waals surface area contributed by atoms with Crippen molar-refractivity contribution in [2.24, 2.45) is 5.92 Å². The van der Waals surface area contributed by atoms with Crippen molar-refractivity contribution in [1.82, 2.24) is 5.48 Å². The van der Waals surface area contributed by atoms with Crippen LogP contribution in [0.5, 0.6) is 5.75 Å². The van der Waals surface area contributed by atoms with Crippen LogP contribution in [0.15, 0.2) is 18.2 Å². The Bertz CT molecular complexity index is 512. The molecule has 2 aliphatic rings. The number of hydroxylamine groups is 1. The van der Waals surface area contributed by atoms with Crippen LogP contribution in [0.4, 0.5) is 5.69 Å². The standard InChI is InChI=1S/C16H22N2O3/c19-16(17-20)13-6-7-15-14(10-13)18(8-9-21-15)11-12-4-2-1-3-5-12/h6-7,10,12,20H,1-5,8-9,11H2,(H,17,19). The molecule has 21 heavy (non-hydrogen) atoms. The summed E-state index contributed by atoms with van der Waals surface area (Å²) >= 11 is 0. The molecule has 0 bridgehead atoms. The lowest BCUT2D eigenvalue weighted by Crippen LogP contribution is -2.37. The van der Waals surface area contributed by atoms with Crippen LogP contribution < -0.4 is 15.1 Å². The van der Waals surface area contributed by atoms with Gasteiger partial charge in [0.25, 0.3) is 5.91 Å². The van der Waals surface area contributed by atoms with E-state index < -0.39 is 5.91 Å². The zero-order valence-corrected chi connectivity index (χ0v) is 12.2. The van der Waals surface area contributed by atoms with Crippen molar-refractivity contribution in [1.29, 1.82) is 0 Å². The summed E-state index contributed by atoms with van der Waals surface area (Å²) in [6, 6.07) is 5.30. The van der Waals surface area contributed by atoms with E-state index in [9.17, 15) is 4.79 Å². The number of nitrogens with one attached hydrogen (secondary N) is 1. The second kappa shape index (κ2) is 6.35. The number of fused-ring (bicyclic) bond motifs is 1. The monoisotopic (exact) mass is 290 g/mol. The lowest BCUT2D eigenvalue weighted by Gasteiger charge is -2.35. The molecule has 0 atom stereocenters. The maximum atomic E-state index is 11.6. The van der Waals surface area contributed by atoms with Gasteiger partial charge in [0.05, 0.1) is 12.2 Å². The number of anilines is 1. The zero-order valence-electron chi connectivity index (χ0n) is 12.2. The number of benzene rings is 1. The van der Waals surface area contributed by atoms with Gasteiger partial charge in [0.15, 0.2) is 0 Å². The lowest BCUT2D eigenvalue weighted by molar-refractivity contribution is 0.0706. The molecule has 1 aliphatic carbocycles. The summed E-state index contributed by atoms with van der Waals surface area (Å²) in [6.07, 6.45) is 6.60. The molecule has 0 aromatic heterocycles. The Labute approximate surface area is 124 Å². The number of amides is 1. The van der Waals surface area contributed by atoms with Crippen LogP contribution in [-0.2, 0) is 0 Å². The first-order chi connectivity index (χ1) is 10.3. The van der Waals surface area contributed by atoms with Crippen molar-refractivity contribution in [3.8, 4) is 5.75 Å². The molecule has 1 heterocycles. The predicted molar refractivity (Wildman–Crippen MR) is 80.0 cm³/mol. The zero-order chi connectivity index (χ0) is 14.7. The first-order valence-electron chi connectivity index (χ1n) is 7.74. The van der Waals surface area contributed by atoms with Crippen LogP contribution >= 0.6 is 0 Å². The lowest BCUT2D eigenvalue weighted by atomic mass is 9.88. The molecule has 1 saturated carbocycles. The van der Waals surface area contributed by atoms with Gasteiger partial charge in [-0.25, -0.2) is 5.48 Å². The molecular formula is C16H22N2O3. The average molecular weight is 290 g/mol. The maximum Gasteiger partial charge on any atom is 0.274 e. The van der Waals surface area contributed by atoms with Gasteiger partial charge >= 0.3 is 0 Å². The van der Waals surface area contributed by atoms with Crippen molar-refractivity contribution in [3.63, 3.8) is 0 Å². The van der Waals surface area contributed by atoms with Gasteiger partial charge in [0, 0.05) is 12.1 Å². The van der Waals surface area contributed by atoms with Gasteiger partial charge in [0.1, 0.15) is 12.4 Å². The molecule has 1 aromatic carbocycles. The number of rotatable bonds is 3. The molecule has 1 fully saturated rings. The molecule has 5 heteroatoms. The minimum Gasteiger partial charge on any atom is -0.490 e. The van der Waals surface area contributed by atoms with Crippen LogP contribution in [0.25, 0.3) is 0 Å². The molecule has 1 aliphatic heterocycles. The van der Waals surface area contributed by atoms with Crippen molar-refractivity contribution in [2.75, 3.05) is 24.6 Å². The fourth-order valence-corrected chi connectivity index (χ4v) is 3.35. The average Bonchev–Trinajstić information content (AvgIpc) is 2.55. The highest BCUT2D eigenvalue weighted by Gasteiger charge is 2.23. The van der Waals surface area contributed by atoms with Crippen LogP contribution in [0.1, 0.15) is 42.5 Å².